The second kappa shape index (κ2) is 12.0. The van der Waals surface area contributed by atoms with Crippen LogP contribution in [0.5, 0.6) is 5.75 Å². The van der Waals surface area contributed by atoms with Gasteiger partial charge in [0.1, 0.15) is 23.4 Å². The Morgan fingerprint density at radius 1 is 1.07 bits per heavy atom. The fourth-order valence-electron chi connectivity index (χ4n) is 2.45. The van der Waals surface area contributed by atoms with Gasteiger partial charge in [-0.25, -0.2) is 9.59 Å². The molecule has 0 saturated carbocycles. The number of nitrogens with one attached hydrogen (secondary N) is 2. The molecule has 1 aromatic carbocycles. The molecule has 0 aromatic heterocycles. The number of methoxy groups -OCH3 is 1. The summed E-state index contributed by atoms with van der Waals surface area (Å²) >= 11 is 0. The van der Waals surface area contributed by atoms with E-state index in [4.69, 9.17) is 14.2 Å². The second-order valence-electron chi connectivity index (χ2n) is 8.00. The SMILES string of the molecule is CCCCOC(=O)[C@H](Cc1ccc(OC)cc1)NC(=O)[C@H](C)NC(=O)OC(C)(C)C. The van der Waals surface area contributed by atoms with Crippen LogP contribution < -0.4 is 15.4 Å². The molecule has 0 radical (unpaired) electrons. The van der Waals surface area contributed by atoms with Crippen molar-refractivity contribution >= 4 is 18.0 Å². The lowest BCUT2D eigenvalue weighted by Crippen LogP contribution is -2.52. The van der Waals surface area contributed by atoms with E-state index in [1.165, 1.54) is 6.92 Å². The van der Waals surface area contributed by atoms with E-state index < -0.39 is 35.7 Å². The molecule has 0 spiro atoms. The van der Waals surface area contributed by atoms with Gasteiger partial charge in [-0.15, -0.1) is 0 Å². The third-order valence-corrected chi connectivity index (χ3v) is 4.07. The number of hydrogen-bond donors (Lipinski definition) is 2. The molecule has 8 heteroatoms. The molecular weight excluding hydrogens is 388 g/mol. The van der Waals surface area contributed by atoms with Gasteiger partial charge in [0.25, 0.3) is 0 Å². The summed E-state index contributed by atoms with van der Waals surface area (Å²) < 4.78 is 15.6. The van der Waals surface area contributed by atoms with E-state index in [2.05, 4.69) is 10.6 Å². The zero-order valence-corrected chi connectivity index (χ0v) is 18.7. The molecule has 0 fully saturated rings. The molecule has 1 rings (SSSR count). The average Bonchev–Trinajstić information content (AvgIpc) is 2.66. The highest BCUT2D eigenvalue weighted by Crippen LogP contribution is 2.13. The number of amides is 2. The van der Waals surface area contributed by atoms with Crippen LogP contribution in [0.25, 0.3) is 0 Å². The van der Waals surface area contributed by atoms with E-state index in [-0.39, 0.29) is 13.0 Å². The van der Waals surface area contributed by atoms with Crippen LogP contribution in [0.3, 0.4) is 0 Å². The third kappa shape index (κ3) is 9.62. The maximum absolute atomic E-state index is 12.6. The van der Waals surface area contributed by atoms with Gasteiger partial charge in [0.15, 0.2) is 0 Å². The smallest absolute Gasteiger partial charge is 0.408 e. The summed E-state index contributed by atoms with van der Waals surface area (Å²) in [6.45, 7) is 8.99. The number of benzene rings is 1. The fourth-order valence-corrected chi connectivity index (χ4v) is 2.45. The van der Waals surface area contributed by atoms with Gasteiger partial charge in [0, 0.05) is 6.42 Å². The summed E-state index contributed by atoms with van der Waals surface area (Å²) in [6.07, 6.45) is 1.17. The fraction of sp³-hybridized carbons (Fsp3) is 0.591. The molecule has 168 valence electrons. The molecule has 30 heavy (non-hydrogen) atoms. The van der Waals surface area contributed by atoms with Gasteiger partial charge in [-0.1, -0.05) is 25.5 Å². The largest absolute Gasteiger partial charge is 0.497 e. The van der Waals surface area contributed by atoms with E-state index in [1.807, 2.05) is 19.1 Å². The van der Waals surface area contributed by atoms with E-state index in [0.717, 1.165) is 18.4 Å². The van der Waals surface area contributed by atoms with Crippen LogP contribution in [-0.2, 0) is 25.5 Å². The first-order valence-electron chi connectivity index (χ1n) is 10.1. The van der Waals surface area contributed by atoms with Crippen LogP contribution >= 0.6 is 0 Å². The second-order valence-corrected chi connectivity index (χ2v) is 8.00. The molecule has 0 aliphatic carbocycles. The Balaban J connectivity index is 2.80. The lowest BCUT2D eigenvalue weighted by molar-refractivity contribution is -0.148. The maximum Gasteiger partial charge on any atom is 0.408 e. The summed E-state index contributed by atoms with van der Waals surface area (Å²) in [5, 5.41) is 5.14. The molecule has 8 nitrogen and oxygen atoms in total. The van der Waals surface area contributed by atoms with Crippen molar-refractivity contribution in [2.75, 3.05) is 13.7 Å². The lowest BCUT2D eigenvalue weighted by atomic mass is 10.1. The van der Waals surface area contributed by atoms with Crippen LogP contribution in [-0.4, -0.2) is 49.4 Å². The van der Waals surface area contributed by atoms with E-state index in [0.29, 0.717) is 5.75 Å². The van der Waals surface area contributed by atoms with Gasteiger partial charge in [-0.3, -0.25) is 4.79 Å². The molecule has 2 N–H and O–H groups in total. The number of rotatable bonds is 10. The quantitative estimate of drug-likeness (QED) is 0.444. The maximum atomic E-state index is 12.6. The first-order valence-corrected chi connectivity index (χ1v) is 10.1. The highest BCUT2D eigenvalue weighted by atomic mass is 16.6. The molecule has 0 unspecified atom stereocenters. The standard InChI is InChI=1S/C22H34N2O6/c1-7-8-13-29-20(26)18(14-16-9-11-17(28-6)12-10-16)24-19(25)15(2)23-21(27)30-22(3,4)5/h9-12,15,18H,7-8,13-14H2,1-6H3,(H,23,27)(H,24,25)/t15-,18-/m0/s1. The number of unbranched alkanes of at least 4 members (excludes halogenated alkanes) is 1. The predicted molar refractivity (Wildman–Crippen MR) is 113 cm³/mol. The molecule has 0 aliphatic rings. The highest BCUT2D eigenvalue weighted by Gasteiger charge is 2.27. The van der Waals surface area contributed by atoms with E-state index in [9.17, 15) is 14.4 Å². The van der Waals surface area contributed by atoms with Gasteiger partial charge in [-0.05, 0) is 51.8 Å². The van der Waals surface area contributed by atoms with Crippen molar-refractivity contribution < 1.29 is 28.6 Å². The third-order valence-electron chi connectivity index (χ3n) is 4.07. The monoisotopic (exact) mass is 422 g/mol. The topological polar surface area (TPSA) is 103 Å². The molecule has 0 heterocycles. The van der Waals surface area contributed by atoms with Crippen molar-refractivity contribution in [1.82, 2.24) is 10.6 Å². The Kier molecular flexibility index (Phi) is 10.1. The number of ether oxygens (including phenoxy) is 3. The zero-order chi connectivity index (χ0) is 22.7. The summed E-state index contributed by atoms with van der Waals surface area (Å²) in [7, 11) is 1.57. The van der Waals surface area contributed by atoms with Crippen molar-refractivity contribution in [2.45, 2.75) is 71.6 Å². The summed E-state index contributed by atoms with van der Waals surface area (Å²) in [5.41, 5.74) is 0.154. The molecule has 2 atom stereocenters. The number of hydrogen-bond acceptors (Lipinski definition) is 6. The van der Waals surface area contributed by atoms with Crippen LogP contribution in [0, 0.1) is 0 Å². The molecule has 0 aliphatic heterocycles. The van der Waals surface area contributed by atoms with Gasteiger partial charge in [0.2, 0.25) is 5.91 Å². The van der Waals surface area contributed by atoms with Crippen molar-refractivity contribution in [3.63, 3.8) is 0 Å². The van der Waals surface area contributed by atoms with Crippen LogP contribution in [0.4, 0.5) is 4.79 Å². The van der Waals surface area contributed by atoms with Crippen LogP contribution in [0.2, 0.25) is 0 Å². The molecule has 2 amide bonds. The van der Waals surface area contributed by atoms with Gasteiger partial charge in [0.05, 0.1) is 13.7 Å². The first kappa shape index (κ1) is 25.3. The van der Waals surface area contributed by atoms with Crippen molar-refractivity contribution in [3.05, 3.63) is 29.8 Å². The molecular formula is C22H34N2O6. The molecule has 0 bridgehead atoms. The number of carbonyl (C=O) groups excluding carboxylic acids is 3. The minimum absolute atomic E-state index is 0.250. The summed E-state index contributed by atoms with van der Waals surface area (Å²) in [4.78, 5) is 37.0. The van der Waals surface area contributed by atoms with Gasteiger partial charge >= 0.3 is 12.1 Å². The summed E-state index contributed by atoms with van der Waals surface area (Å²) in [6, 6.07) is 5.43. The molecule has 1 aromatic rings. The first-order chi connectivity index (χ1) is 14.1. The Bertz CT molecular complexity index is 697. The number of esters is 1. The number of carbonyl (C=O) groups is 3. The van der Waals surface area contributed by atoms with Crippen LogP contribution in [0.15, 0.2) is 24.3 Å². The van der Waals surface area contributed by atoms with Crippen molar-refractivity contribution in [1.29, 1.82) is 0 Å². The average molecular weight is 423 g/mol. The van der Waals surface area contributed by atoms with Crippen LogP contribution in [0.1, 0.15) is 53.0 Å². The van der Waals surface area contributed by atoms with E-state index in [1.54, 1.807) is 40.0 Å². The zero-order valence-electron chi connectivity index (χ0n) is 18.7. The minimum Gasteiger partial charge on any atom is -0.497 e. The van der Waals surface area contributed by atoms with E-state index >= 15 is 0 Å². The van der Waals surface area contributed by atoms with Gasteiger partial charge < -0.3 is 24.8 Å². The van der Waals surface area contributed by atoms with Gasteiger partial charge in [-0.2, -0.15) is 0 Å². The number of alkyl carbamates (subject to hydrolysis) is 1. The normalized spacial score (nSPS) is 13.0. The van der Waals surface area contributed by atoms with Crippen molar-refractivity contribution in [3.8, 4) is 5.75 Å². The Morgan fingerprint density at radius 3 is 2.23 bits per heavy atom. The lowest BCUT2D eigenvalue weighted by Gasteiger charge is -2.23. The minimum atomic E-state index is -0.887. The summed E-state index contributed by atoms with van der Waals surface area (Å²) in [5.74, 6) is -0.330. The Hall–Kier alpha value is -2.77. The Labute approximate surface area is 178 Å². The van der Waals surface area contributed by atoms with Crippen molar-refractivity contribution in [2.24, 2.45) is 0 Å². The molecule has 0 saturated heterocycles. The highest BCUT2D eigenvalue weighted by molar-refractivity contribution is 5.89. The Morgan fingerprint density at radius 2 is 1.70 bits per heavy atom. The predicted octanol–water partition coefficient (Wildman–Crippen LogP) is 2.98.